The van der Waals surface area contributed by atoms with Crippen LogP contribution in [0.4, 0.5) is 5.13 Å². The van der Waals surface area contributed by atoms with Crippen LogP contribution in [0.1, 0.15) is 11.8 Å². The summed E-state index contributed by atoms with van der Waals surface area (Å²) >= 11 is 1.41. The average molecular weight is 285 g/mol. The first kappa shape index (κ1) is 14.0. The van der Waals surface area contributed by atoms with Crippen molar-refractivity contribution in [2.45, 2.75) is 12.2 Å². The third kappa shape index (κ3) is 3.55. The van der Waals surface area contributed by atoms with E-state index in [4.69, 9.17) is 10.3 Å². The maximum Gasteiger partial charge on any atom is 0.185 e. The molecule has 0 radical (unpaired) electrons. The molecule has 2 atom stereocenters. The second-order valence-electron chi connectivity index (χ2n) is 4.08. The fourth-order valence-electron chi connectivity index (χ4n) is 1.73. The molecule has 0 aromatic carbocycles. The molecule has 0 amide bonds. The number of ether oxygens (including phenoxy) is 1. The fraction of sp³-hybridized carbons (Fsp3) is 0.700. The minimum atomic E-state index is -1.14. The predicted octanol–water partition coefficient (Wildman–Crippen LogP) is 0.684. The first-order valence-corrected chi connectivity index (χ1v) is 6.75. The highest BCUT2D eigenvalue weighted by atomic mass is 32.1. The third-order valence-corrected chi connectivity index (χ3v) is 3.71. The van der Waals surface area contributed by atoms with Crippen LogP contribution in [0.15, 0.2) is 10.5 Å². The van der Waals surface area contributed by atoms with Crippen molar-refractivity contribution in [1.29, 1.82) is 0 Å². The van der Waals surface area contributed by atoms with Crippen molar-refractivity contribution in [3.8, 4) is 0 Å². The minimum Gasteiger partial charge on any atom is -0.390 e. The summed E-state index contributed by atoms with van der Waals surface area (Å²) in [7, 11) is 0. The summed E-state index contributed by atoms with van der Waals surface area (Å²) in [4.78, 5) is 8.93. The van der Waals surface area contributed by atoms with Crippen LogP contribution in [0.3, 0.4) is 0 Å². The molecule has 0 bridgehead atoms. The molecule has 1 aromatic rings. The maximum atomic E-state index is 9.90. The highest BCUT2D eigenvalue weighted by molar-refractivity contribution is 7.13. The van der Waals surface area contributed by atoms with Gasteiger partial charge in [0.15, 0.2) is 5.13 Å². The van der Waals surface area contributed by atoms with Gasteiger partial charge in [-0.15, -0.1) is 11.3 Å². The van der Waals surface area contributed by atoms with Gasteiger partial charge in [0.1, 0.15) is 6.10 Å². The normalized spacial score (nSPS) is 18.7. The van der Waals surface area contributed by atoms with Gasteiger partial charge >= 0.3 is 0 Å². The van der Waals surface area contributed by atoms with Crippen LogP contribution >= 0.6 is 11.3 Å². The van der Waals surface area contributed by atoms with Crippen LogP contribution in [-0.2, 0) is 4.74 Å². The molecule has 1 aliphatic heterocycles. The Morgan fingerprint density at radius 2 is 2.26 bits per heavy atom. The third-order valence-electron chi connectivity index (χ3n) is 2.79. The van der Waals surface area contributed by atoms with E-state index in [1.807, 2.05) is 0 Å². The number of nitrogens with zero attached hydrogens (tertiary/aromatic N) is 5. The molecule has 2 rings (SSSR count). The van der Waals surface area contributed by atoms with E-state index in [1.165, 1.54) is 11.3 Å². The molecule has 9 heteroatoms. The van der Waals surface area contributed by atoms with Crippen LogP contribution in [0.25, 0.3) is 10.4 Å². The number of thiazole rings is 1. The number of morpholine rings is 1. The Balaban J connectivity index is 2.00. The van der Waals surface area contributed by atoms with E-state index >= 15 is 0 Å². The van der Waals surface area contributed by atoms with Crippen LogP contribution in [-0.4, -0.2) is 54.1 Å². The first-order chi connectivity index (χ1) is 9.22. The Kier molecular flexibility index (Phi) is 4.94. The minimum absolute atomic E-state index is 0.178. The van der Waals surface area contributed by atoms with Gasteiger partial charge in [0.2, 0.25) is 0 Å². The Bertz CT molecular complexity index is 456. The Hall–Kier alpha value is -1.38. The van der Waals surface area contributed by atoms with Crippen molar-refractivity contribution in [3.05, 3.63) is 21.5 Å². The number of aliphatic hydroxyl groups excluding tert-OH is 2. The monoisotopic (exact) mass is 285 g/mol. The zero-order chi connectivity index (χ0) is 13.7. The molecule has 104 valence electrons. The van der Waals surface area contributed by atoms with Crippen LogP contribution < -0.4 is 4.90 Å². The number of hydrogen-bond acceptors (Lipinski definition) is 7. The van der Waals surface area contributed by atoms with Crippen molar-refractivity contribution >= 4 is 16.5 Å². The average Bonchev–Trinajstić information content (AvgIpc) is 2.94. The molecule has 0 saturated carbocycles. The van der Waals surface area contributed by atoms with Crippen LogP contribution in [0, 0.1) is 0 Å². The van der Waals surface area contributed by atoms with Crippen molar-refractivity contribution < 1.29 is 14.9 Å². The number of anilines is 1. The zero-order valence-corrected chi connectivity index (χ0v) is 11.0. The summed E-state index contributed by atoms with van der Waals surface area (Å²) in [6, 6.07) is 0. The van der Waals surface area contributed by atoms with Gasteiger partial charge in [-0.3, -0.25) is 0 Å². The lowest BCUT2D eigenvalue weighted by molar-refractivity contribution is 0.0221. The van der Waals surface area contributed by atoms with Gasteiger partial charge in [-0.05, 0) is 5.53 Å². The molecule has 8 nitrogen and oxygen atoms in total. The number of aromatic nitrogens is 1. The van der Waals surface area contributed by atoms with Gasteiger partial charge in [0, 0.05) is 23.4 Å². The van der Waals surface area contributed by atoms with E-state index in [0.717, 1.165) is 18.2 Å². The Morgan fingerprint density at radius 3 is 2.95 bits per heavy atom. The molecule has 2 N–H and O–H groups in total. The number of rotatable bonds is 5. The molecule has 2 heterocycles. The molecule has 2 unspecified atom stereocenters. The van der Waals surface area contributed by atoms with E-state index in [0.29, 0.717) is 18.9 Å². The lowest BCUT2D eigenvalue weighted by Crippen LogP contribution is -2.36. The highest BCUT2D eigenvalue weighted by Gasteiger charge is 2.22. The molecular weight excluding hydrogens is 270 g/mol. The molecule has 1 aromatic heterocycles. The molecule has 1 saturated heterocycles. The topological polar surface area (TPSA) is 115 Å². The molecule has 0 spiro atoms. The van der Waals surface area contributed by atoms with Gasteiger partial charge in [0.25, 0.3) is 0 Å². The van der Waals surface area contributed by atoms with Gasteiger partial charge < -0.3 is 19.8 Å². The second-order valence-corrected chi connectivity index (χ2v) is 4.92. The Morgan fingerprint density at radius 1 is 1.53 bits per heavy atom. The van der Waals surface area contributed by atoms with Crippen molar-refractivity contribution in [1.82, 2.24) is 4.98 Å². The first-order valence-electron chi connectivity index (χ1n) is 5.87. The van der Waals surface area contributed by atoms with E-state index in [-0.39, 0.29) is 6.54 Å². The van der Waals surface area contributed by atoms with Gasteiger partial charge in [-0.1, -0.05) is 5.11 Å². The van der Waals surface area contributed by atoms with E-state index in [2.05, 4.69) is 19.9 Å². The molecule has 1 fully saturated rings. The van der Waals surface area contributed by atoms with Crippen molar-refractivity contribution in [2.75, 3.05) is 37.7 Å². The summed E-state index contributed by atoms with van der Waals surface area (Å²) in [5.74, 6) is 0. The maximum absolute atomic E-state index is 9.90. The number of azide groups is 1. The summed E-state index contributed by atoms with van der Waals surface area (Å²) in [6.45, 7) is 2.69. The zero-order valence-electron chi connectivity index (χ0n) is 10.2. The molecule has 0 aliphatic carbocycles. The lowest BCUT2D eigenvalue weighted by atomic mass is 10.1. The number of hydrogen-bond donors (Lipinski definition) is 2. The Labute approximate surface area is 113 Å². The van der Waals surface area contributed by atoms with Crippen LogP contribution in [0.5, 0.6) is 0 Å². The quantitative estimate of drug-likeness (QED) is 0.469. The standard InChI is InChI=1S/C10H15N5O3S/c11-14-12-5-8(16)9(17)7-6-19-10(13-7)15-1-3-18-4-2-15/h6,8-9,16-17H,1-5H2. The smallest absolute Gasteiger partial charge is 0.185 e. The predicted molar refractivity (Wildman–Crippen MR) is 70.1 cm³/mol. The van der Waals surface area contributed by atoms with E-state index in [9.17, 15) is 10.2 Å². The largest absolute Gasteiger partial charge is 0.390 e. The van der Waals surface area contributed by atoms with Gasteiger partial charge in [-0.25, -0.2) is 4.98 Å². The summed E-state index contributed by atoms with van der Waals surface area (Å²) in [6.07, 6.45) is -2.29. The summed E-state index contributed by atoms with van der Waals surface area (Å²) < 4.78 is 5.26. The number of aliphatic hydroxyl groups is 2. The molecule has 1 aliphatic rings. The summed E-state index contributed by atoms with van der Waals surface area (Å²) in [5, 5.41) is 25.3. The van der Waals surface area contributed by atoms with Gasteiger partial charge in [-0.2, -0.15) is 0 Å². The molecule has 19 heavy (non-hydrogen) atoms. The van der Waals surface area contributed by atoms with Crippen molar-refractivity contribution in [2.24, 2.45) is 5.11 Å². The van der Waals surface area contributed by atoms with E-state index in [1.54, 1.807) is 5.38 Å². The lowest BCUT2D eigenvalue weighted by Gasteiger charge is -2.26. The fourth-order valence-corrected chi connectivity index (χ4v) is 2.64. The van der Waals surface area contributed by atoms with Crippen molar-refractivity contribution in [3.63, 3.8) is 0 Å². The molecular formula is C10H15N5O3S. The summed E-state index contributed by atoms with van der Waals surface area (Å²) in [5.41, 5.74) is 8.57. The second kappa shape index (κ2) is 6.69. The van der Waals surface area contributed by atoms with E-state index < -0.39 is 12.2 Å². The van der Waals surface area contributed by atoms with Crippen LogP contribution in [0.2, 0.25) is 0 Å². The SMILES string of the molecule is [N-]=[N+]=NCC(O)C(O)c1csc(N2CCOCC2)n1. The van der Waals surface area contributed by atoms with Gasteiger partial charge in [0.05, 0.1) is 31.6 Å². The highest BCUT2D eigenvalue weighted by Crippen LogP contribution is 2.26.